The van der Waals surface area contributed by atoms with Gasteiger partial charge in [-0.25, -0.2) is 4.79 Å². The van der Waals surface area contributed by atoms with Crippen molar-refractivity contribution in [2.45, 2.75) is 65.7 Å². The number of carbonyl (C=O) groups is 1. The van der Waals surface area contributed by atoms with E-state index in [1.54, 1.807) is 19.1 Å². The van der Waals surface area contributed by atoms with E-state index in [2.05, 4.69) is 24.0 Å². The highest BCUT2D eigenvalue weighted by molar-refractivity contribution is 5.81. The van der Waals surface area contributed by atoms with Crippen LogP contribution < -0.4 is 4.74 Å². The minimum Gasteiger partial charge on any atom is -0.425 e. The van der Waals surface area contributed by atoms with E-state index in [4.69, 9.17) is 4.74 Å². The highest BCUT2D eigenvalue weighted by atomic mass is 16.5. The molecule has 0 saturated carbocycles. The van der Waals surface area contributed by atoms with Gasteiger partial charge in [0.25, 0.3) is 0 Å². The van der Waals surface area contributed by atoms with E-state index in [1.807, 2.05) is 31.3 Å². The number of pyridine rings is 1. The van der Waals surface area contributed by atoms with Gasteiger partial charge < -0.3 is 4.74 Å². The fourth-order valence-electron chi connectivity index (χ4n) is 2.97. The number of aromatic nitrogens is 1. The Kier molecular flexibility index (Phi) is 8.19. The summed E-state index contributed by atoms with van der Waals surface area (Å²) in [5, 5.41) is 9.38. The van der Waals surface area contributed by atoms with E-state index in [1.165, 1.54) is 24.8 Å². The van der Waals surface area contributed by atoms with Crippen LogP contribution in [-0.2, 0) is 11.2 Å². The quantitative estimate of drug-likeness (QED) is 0.284. The standard InChI is InChI=1S/C24H30N2O2/c1-4-6-8-9-19-10-15-22(26-17-19)20-11-13-21(14-12-20)28-23(27)24(3,18-25)16-7-5-2/h10-15,17H,4-9,16H2,1-3H3. The molecular formula is C24H30N2O2. The maximum atomic E-state index is 12.4. The normalized spacial score (nSPS) is 12.8. The highest BCUT2D eigenvalue weighted by Gasteiger charge is 2.34. The third-order valence-electron chi connectivity index (χ3n) is 4.98. The van der Waals surface area contributed by atoms with Gasteiger partial charge in [-0.15, -0.1) is 0 Å². The molecule has 2 aromatic rings. The lowest BCUT2D eigenvalue weighted by atomic mass is 9.87. The van der Waals surface area contributed by atoms with Gasteiger partial charge in [-0.1, -0.05) is 45.6 Å². The van der Waals surface area contributed by atoms with Crippen molar-refractivity contribution in [3.8, 4) is 23.1 Å². The number of nitriles is 1. The van der Waals surface area contributed by atoms with Gasteiger partial charge >= 0.3 is 5.97 Å². The van der Waals surface area contributed by atoms with E-state index in [-0.39, 0.29) is 0 Å². The summed E-state index contributed by atoms with van der Waals surface area (Å²) in [5.74, 6) is -0.0475. The molecule has 0 aliphatic rings. The summed E-state index contributed by atoms with van der Waals surface area (Å²) in [5.41, 5.74) is 2.01. The van der Waals surface area contributed by atoms with Crippen LogP contribution in [0, 0.1) is 16.7 Å². The van der Waals surface area contributed by atoms with Crippen molar-refractivity contribution in [3.05, 3.63) is 48.2 Å². The molecule has 148 valence electrons. The molecule has 0 aliphatic carbocycles. The number of ether oxygens (including phenoxy) is 1. The number of benzene rings is 1. The summed E-state index contributed by atoms with van der Waals surface area (Å²) in [6.07, 6.45) is 8.90. The van der Waals surface area contributed by atoms with Crippen LogP contribution in [0.2, 0.25) is 0 Å². The Balaban J connectivity index is 2.01. The fourth-order valence-corrected chi connectivity index (χ4v) is 2.97. The first-order chi connectivity index (χ1) is 13.5. The zero-order valence-corrected chi connectivity index (χ0v) is 17.2. The van der Waals surface area contributed by atoms with Gasteiger partial charge in [0.05, 0.1) is 11.8 Å². The molecule has 4 heteroatoms. The van der Waals surface area contributed by atoms with Crippen LogP contribution in [0.5, 0.6) is 5.75 Å². The Morgan fingerprint density at radius 3 is 2.36 bits per heavy atom. The lowest BCUT2D eigenvalue weighted by Gasteiger charge is -2.19. The molecule has 1 heterocycles. The van der Waals surface area contributed by atoms with Crippen molar-refractivity contribution in [2.24, 2.45) is 5.41 Å². The average molecular weight is 379 g/mol. The molecule has 1 aromatic carbocycles. The molecule has 0 saturated heterocycles. The van der Waals surface area contributed by atoms with E-state index in [0.29, 0.717) is 12.2 Å². The highest BCUT2D eigenvalue weighted by Crippen LogP contribution is 2.27. The monoisotopic (exact) mass is 378 g/mol. The van der Waals surface area contributed by atoms with Crippen LogP contribution in [0.25, 0.3) is 11.3 Å². The van der Waals surface area contributed by atoms with Gasteiger partial charge in [-0.2, -0.15) is 5.26 Å². The molecule has 0 radical (unpaired) electrons. The van der Waals surface area contributed by atoms with Crippen LogP contribution in [0.15, 0.2) is 42.6 Å². The molecule has 2 rings (SSSR count). The summed E-state index contributed by atoms with van der Waals surface area (Å²) < 4.78 is 5.45. The maximum Gasteiger partial charge on any atom is 0.331 e. The Morgan fingerprint density at radius 2 is 1.79 bits per heavy atom. The van der Waals surface area contributed by atoms with Gasteiger partial charge in [0.2, 0.25) is 0 Å². The lowest BCUT2D eigenvalue weighted by molar-refractivity contribution is -0.142. The van der Waals surface area contributed by atoms with E-state index < -0.39 is 11.4 Å². The van der Waals surface area contributed by atoms with Crippen molar-refractivity contribution in [1.29, 1.82) is 5.26 Å². The second-order valence-corrected chi connectivity index (χ2v) is 7.47. The number of esters is 1. The summed E-state index contributed by atoms with van der Waals surface area (Å²) in [7, 11) is 0. The van der Waals surface area contributed by atoms with Crippen LogP contribution in [0.4, 0.5) is 0 Å². The van der Waals surface area contributed by atoms with Crippen molar-refractivity contribution >= 4 is 5.97 Å². The smallest absolute Gasteiger partial charge is 0.331 e. The molecule has 28 heavy (non-hydrogen) atoms. The van der Waals surface area contributed by atoms with Crippen LogP contribution in [0.1, 0.15) is 64.9 Å². The zero-order valence-electron chi connectivity index (χ0n) is 17.2. The van der Waals surface area contributed by atoms with E-state index >= 15 is 0 Å². The van der Waals surface area contributed by atoms with E-state index in [9.17, 15) is 10.1 Å². The van der Waals surface area contributed by atoms with Crippen molar-refractivity contribution in [1.82, 2.24) is 4.98 Å². The number of unbranched alkanes of at least 4 members (excludes halogenated alkanes) is 3. The minimum absolute atomic E-state index is 0.447. The SMILES string of the molecule is CCCCCc1ccc(-c2ccc(OC(=O)C(C)(C#N)CCCC)cc2)nc1. The maximum absolute atomic E-state index is 12.4. The molecular weight excluding hydrogens is 348 g/mol. The van der Waals surface area contributed by atoms with Gasteiger partial charge in [0, 0.05) is 11.8 Å². The fraction of sp³-hybridized carbons (Fsp3) is 0.458. The molecule has 0 spiro atoms. The second kappa shape index (κ2) is 10.6. The number of nitrogens with zero attached hydrogens (tertiary/aromatic N) is 2. The van der Waals surface area contributed by atoms with Gasteiger partial charge in [0.1, 0.15) is 5.75 Å². The van der Waals surface area contributed by atoms with Crippen molar-refractivity contribution in [3.63, 3.8) is 0 Å². The molecule has 1 unspecified atom stereocenters. The van der Waals surface area contributed by atoms with Gasteiger partial charge in [-0.05, 0) is 62.1 Å². The second-order valence-electron chi connectivity index (χ2n) is 7.47. The first-order valence-corrected chi connectivity index (χ1v) is 10.2. The Labute approximate surface area is 168 Å². The molecule has 0 N–H and O–H groups in total. The van der Waals surface area contributed by atoms with Crippen molar-refractivity contribution in [2.75, 3.05) is 0 Å². The molecule has 0 amide bonds. The molecule has 1 atom stereocenters. The number of aryl methyl sites for hydroxylation is 1. The Hall–Kier alpha value is -2.67. The Morgan fingerprint density at radius 1 is 1.07 bits per heavy atom. The van der Waals surface area contributed by atoms with Crippen molar-refractivity contribution < 1.29 is 9.53 Å². The summed E-state index contributed by atoms with van der Waals surface area (Å²) in [4.78, 5) is 17.0. The topological polar surface area (TPSA) is 63.0 Å². The average Bonchev–Trinajstić information content (AvgIpc) is 2.73. The van der Waals surface area contributed by atoms with Crippen LogP contribution in [0.3, 0.4) is 0 Å². The predicted molar refractivity (Wildman–Crippen MR) is 112 cm³/mol. The summed E-state index contributed by atoms with van der Waals surface area (Å²) >= 11 is 0. The number of rotatable bonds is 10. The molecule has 0 aliphatic heterocycles. The predicted octanol–water partition coefficient (Wildman–Crippen LogP) is 6.11. The third-order valence-corrected chi connectivity index (χ3v) is 4.98. The first kappa shape index (κ1) is 21.6. The largest absolute Gasteiger partial charge is 0.425 e. The number of hydrogen-bond donors (Lipinski definition) is 0. The molecule has 0 fully saturated rings. The molecule has 1 aromatic heterocycles. The van der Waals surface area contributed by atoms with Crippen LogP contribution in [-0.4, -0.2) is 11.0 Å². The summed E-state index contributed by atoms with van der Waals surface area (Å²) in [6.45, 7) is 5.88. The molecule has 0 bridgehead atoms. The minimum atomic E-state index is -1.11. The van der Waals surface area contributed by atoms with Crippen LogP contribution >= 0.6 is 0 Å². The lowest BCUT2D eigenvalue weighted by Crippen LogP contribution is -2.30. The zero-order chi connectivity index (χ0) is 20.4. The number of carbonyl (C=O) groups excluding carboxylic acids is 1. The summed E-state index contributed by atoms with van der Waals surface area (Å²) in [6, 6.07) is 13.5. The van der Waals surface area contributed by atoms with E-state index in [0.717, 1.165) is 30.5 Å². The van der Waals surface area contributed by atoms with Gasteiger partial charge in [0.15, 0.2) is 5.41 Å². The Bertz CT molecular complexity index is 791. The number of hydrogen-bond acceptors (Lipinski definition) is 4. The third kappa shape index (κ3) is 5.92. The van der Waals surface area contributed by atoms with Gasteiger partial charge in [-0.3, -0.25) is 4.98 Å². The first-order valence-electron chi connectivity index (χ1n) is 10.2. The molecule has 4 nitrogen and oxygen atoms in total.